The molecule has 2 unspecified atom stereocenters. The van der Waals surface area contributed by atoms with Crippen LogP contribution in [0.5, 0.6) is 0 Å². The predicted octanol–water partition coefficient (Wildman–Crippen LogP) is 1.45. The third-order valence-electron chi connectivity index (χ3n) is 4.15. The Morgan fingerprint density at radius 2 is 1.94 bits per heavy atom. The zero-order chi connectivity index (χ0) is 12.9. The average molecular weight is 279 g/mol. The standard InChI is InChI=1S/C13H26N2O2.ClH/c1-10(11(2)14)12(17)15-9-13(7-8-16)5-3-4-6-13;/h10-11,16H,3-9,14H2,1-2H3,(H,15,17);1H. The van der Waals surface area contributed by atoms with Gasteiger partial charge in [0.25, 0.3) is 0 Å². The van der Waals surface area contributed by atoms with Gasteiger partial charge in [-0.1, -0.05) is 19.8 Å². The molecule has 18 heavy (non-hydrogen) atoms. The first-order valence-corrected chi connectivity index (χ1v) is 6.65. The van der Waals surface area contributed by atoms with E-state index in [1.165, 1.54) is 12.8 Å². The van der Waals surface area contributed by atoms with E-state index in [1.54, 1.807) is 0 Å². The molecule has 0 heterocycles. The summed E-state index contributed by atoms with van der Waals surface area (Å²) >= 11 is 0. The van der Waals surface area contributed by atoms with Crippen LogP contribution in [0.25, 0.3) is 0 Å². The van der Waals surface area contributed by atoms with Crippen molar-refractivity contribution in [3.05, 3.63) is 0 Å². The Balaban J connectivity index is 0.00000289. The van der Waals surface area contributed by atoms with Crippen LogP contribution in [0.15, 0.2) is 0 Å². The van der Waals surface area contributed by atoms with Gasteiger partial charge >= 0.3 is 0 Å². The summed E-state index contributed by atoms with van der Waals surface area (Å²) in [5.74, 6) is -0.119. The number of hydrogen-bond donors (Lipinski definition) is 3. The smallest absolute Gasteiger partial charge is 0.224 e. The van der Waals surface area contributed by atoms with Crippen molar-refractivity contribution in [3.8, 4) is 0 Å². The highest BCUT2D eigenvalue weighted by atomic mass is 35.5. The molecular formula is C13H27ClN2O2. The highest BCUT2D eigenvalue weighted by Gasteiger charge is 2.34. The molecule has 4 nitrogen and oxygen atoms in total. The molecule has 108 valence electrons. The zero-order valence-corrected chi connectivity index (χ0v) is 12.3. The van der Waals surface area contributed by atoms with Crippen molar-refractivity contribution in [2.75, 3.05) is 13.2 Å². The minimum atomic E-state index is -0.150. The minimum Gasteiger partial charge on any atom is -0.396 e. The number of rotatable bonds is 6. The maximum Gasteiger partial charge on any atom is 0.224 e. The van der Waals surface area contributed by atoms with Gasteiger partial charge in [0, 0.05) is 25.1 Å². The summed E-state index contributed by atoms with van der Waals surface area (Å²) in [5.41, 5.74) is 5.84. The van der Waals surface area contributed by atoms with Crippen LogP contribution in [0.2, 0.25) is 0 Å². The van der Waals surface area contributed by atoms with Gasteiger partial charge in [0.2, 0.25) is 5.91 Å². The average Bonchev–Trinajstić information content (AvgIpc) is 2.74. The molecule has 0 aromatic heterocycles. The third-order valence-corrected chi connectivity index (χ3v) is 4.15. The quantitative estimate of drug-likeness (QED) is 0.688. The maximum absolute atomic E-state index is 11.8. The minimum absolute atomic E-state index is 0. The molecule has 0 bridgehead atoms. The summed E-state index contributed by atoms with van der Waals surface area (Å²) in [6.45, 7) is 4.60. The number of nitrogens with one attached hydrogen (secondary N) is 1. The Hall–Kier alpha value is -0.320. The zero-order valence-electron chi connectivity index (χ0n) is 11.4. The lowest BCUT2D eigenvalue weighted by molar-refractivity contribution is -0.125. The van der Waals surface area contributed by atoms with E-state index in [2.05, 4.69) is 5.32 Å². The number of aliphatic hydroxyl groups is 1. The fourth-order valence-corrected chi connectivity index (χ4v) is 2.55. The maximum atomic E-state index is 11.8. The number of halogens is 1. The highest BCUT2D eigenvalue weighted by Crippen LogP contribution is 2.40. The molecule has 2 atom stereocenters. The SMILES string of the molecule is CC(N)C(C)C(=O)NCC1(CCO)CCCC1.Cl. The monoisotopic (exact) mass is 278 g/mol. The van der Waals surface area contributed by atoms with E-state index in [0.717, 1.165) is 19.3 Å². The van der Waals surface area contributed by atoms with Crippen LogP contribution in [0.4, 0.5) is 0 Å². The second kappa shape index (κ2) is 7.97. The Bertz CT molecular complexity index is 253. The number of amides is 1. The molecule has 1 aliphatic carbocycles. The lowest BCUT2D eigenvalue weighted by Crippen LogP contribution is -2.43. The number of nitrogens with two attached hydrogens (primary N) is 1. The molecule has 1 aliphatic rings. The summed E-state index contributed by atoms with van der Waals surface area (Å²) in [4.78, 5) is 11.8. The molecule has 1 amide bonds. The summed E-state index contributed by atoms with van der Waals surface area (Å²) < 4.78 is 0. The van der Waals surface area contributed by atoms with Crippen LogP contribution >= 0.6 is 12.4 Å². The van der Waals surface area contributed by atoms with Crippen LogP contribution in [0, 0.1) is 11.3 Å². The van der Waals surface area contributed by atoms with E-state index in [0.29, 0.717) is 6.54 Å². The Morgan fingerprint density at radius 3 is 2.39 bits per heavy atom. The van der Waals surface area contributed by atoms with Gasteiger partial charge in [-0.25, -0.2) is 0 Å². The van der Waals surface area contributed by atoms with Crippen molar-refractivity contribution in [1.29, 1.82) is 0 Å². The van der Waals surface area contributed by atoms with Crippen molar-refractivity contribution in [2.24, 2.45) is 17.1 Å². The molecule has 0 aromatic carbocycles. The van der Waals surface area contributed by atoms with Gasteiger partial charge in [-0.3, -0.25) is 4.79 Å². The van der Waals surface area contributed by atoms with E-state index < -0.39 is 0 Å². The van der Waals surface area contributed by atoms with Crippen molar-refractivity contribution < 1.29 is 9.90 Å². The first-order chi connectivity index (χ1) is 8.01. The van der Waals surface area contributed by atoms with E-state index in [9.17, 15) is 4.79 Å². The molecule has 1 rings (SSSR count). The molecule has 1 fully saturated rings. The molecule has 5 heteroatoms. The van der Waals surface area contributed by atoms with Crippen LogP contribution in [0.1, 0.15) is 46.0 Å². The van der Waals surface area contributed by atoms with Crippen LogP contribution < -0.4 is 11.1 Å². The molecule has 0 saturated heterocycles. The second-order valence-electron chi connectivity index (χ2n) is 5.55. The summed E-state index contributed by atoms with van der Waals surface area (Å²) in [7, 11) is 0. The molecule has 1 saturated carbocycles. The van der Waals surface area contributed by atoms with Crippen LogP contribution in [-0.4, -0.2) is 30.2 Å². The van der Waals surface area contributed by atoms with Crippen molar-refractivity contribution in [2.45, 2.75) is 52.0 Å². The molecule has 4 N–H and O–H groups in total. The Morgan fingerprint density at radius 1 is 1.39 bits per heavy atom. The van der Waals surface area contributed by atoms with Gasteiger partial charge in [-0.15, -0.1) is 12.4 Å². The van der Waals surface area contributed by atoms with Gasteiger partial charge < -0.3 is 16.2 Å². The second-order valence-corrected chi connectivity index (χ2v) is 5.55. The number of hydrogen-bond acceptors (Lipinski definition) is 3. The van der Waals surface area contributed by atoms with E-state index >= 15 is 0 Å². The molecule has 0 aromatic rings. The van der Waals surface area contributed by atoms with Gasteiger partial charge in [0.1, 0.15) is 0 Å². The van der Waals surface area contributed by atoms with Gasteiger partial charge in [-0.2, -0.15) is 0 Å². The summed E-state index contributed by atoms with van der Waals surface area (Å²) in [5, 5.41) is 12.1. The molecule has 0 spiro atoms. The van der Waals surface area contributed by atoms with Crippen molar-refractivity contribution in [3.63, 3.8) is 0 Å². The predicted molar refractivity (Wildman–Crippen MR) is 75.7 cm³/mol. The van der Waals surface area contributed by atoms with Gasteiger partial charge in [-0.05, 0) is 31.6 Å². The van der Waals surface area contributed by atoms with Crippen molar-refractivity contribution in [1.82, 2.24) is 5.32 Å². The fourth-order valence-electron chi connectivity index (χ4n) is 2.55. The van der Waals surface area contributed by atoms with E-state index in [-0.39, 0.29) is 42.3 Å². The van der Waals surface area contributed by atoms with E-state index in [1.807, 2.05) is 13.8 Å². The third kappa shape index (κ3) is 4.75. The first kappa shape index (κ1) is 17.7. The Kier molecular flexibility index (Phi) is 7.83. The van der Waals surface area contributed by atoms with Crippen LogP contribution in [0.3, 0.4) is 0 Å². The summed E-state index contributed by atoms with van der Waals surface area (Å²) in [6.07, 6.45) is 5.43. The fraction of sp³-hybridized carbons (Fsp3) is 0.923. The number of carbonyl (C=O) groups is 1. The highest BCUT2D eigenvalue weighted by molar-refractivity contribution is 5.85. The number of carbonyl (C=O) groups excluding carboxylic acids is 1. The van der Waals surface area contributed by atoms with Crippen molar-refractivity contribution >= 4 is 18.3 Å². The summed E-state index contributed by atoms with van der Waals surface area (Å²) in [6, 6.07) is -0.118. The van der Waals surface area contributed by atoms with Gasteiger partial charge in [0.15, 0.2) is 0 Å². The van der Waals surface area contributed by atoms with E-state index in [4.69, 9.17) is 10.8 Å². The molecule has 0 aliphatic heterocycles. The molecular weight excluding hydrogens is 252 g/mol. The first-order valence-electron chi connectivity index (χ1n) is 6.65. The molecule has 0 radical (unpaired) electrons. The number of aliphatic hydroxyl groups excluding tert-OH is 1. The largest absolute Gasteiger partial charge is 0.396 e. The van der Waals surface area contributed by atoms with Crippen LogP contribution in [-0.2, 0) is 4.79 Å². The lowest BCUT2D eigenvalue weighted by Gasteiger charge is -2.29. The topological polar surface area (TPSA) is 75.4 Å². The Labute approximate surface area is 116 Å². The lowest BCUT2D eigenvalue weighted by atomic mass is 9.82. The normalized spacial score (nSPS) is 20.9. The van der Waals surface area contributed by atoms with Gasteiger partial charge in [0.05, 0.1) is 0 Å².